The number of hydrogen-bond acceptors (Lipinski definition) is 3. The molecule has 1 aliphatic rings. The average Bonchev–Trinajstić information content (AvgIpc) is 2.25. The second-order valence-corrected chi connectivity index (χ2v) is 4.95. The topological polar surface area (TPSA) is 27.7 Å². The van der Waals surface area contributed by atoms with E-state index in [9.17, 15) is 0 Å². The van der Waals surface area contributed by atoms with Crippen molar-refractivity contribution in [1.82, 2.24) is 0 Å². The predicted molar refractivity (Wildman–Crippen MR) is 61.3 cm³/mol. The standard InChI is InChI=1S/C9H15Cl3O3/c1-13-7-5(11)4(10)6(12)8(14-2)9(7)15-3/h4-9H,1-3H3/t4?,5-,6-,7+,8+,9?/m1/s1. The first-order chi connectivity index (χ1) is 7.08. The molecule has 0 saturated heterocycles. The summed E-state index contributed by atoms with van der Waals surface area (Å²) < 4.78 is 15.9. The molecule has 0 radical (unpaired) electrons. The third-order valence-corrected chi connectivity index (χ3v) is 4.54. The summed E-state index contributed by atoms with van der Waals surface area (Å²) in [7, 11) is 4.71. The van der Waals surface area contributed by atoms with Crippen LogP contribution in [0.2, 0.25) is 0 Å². The molecule has 3 nitrogen and oxygen atoms in total. The molecule has 1 saturated carbocycles. The first-order valence-electron chi connectivity index (χ1n) is 4.59. The number of rotatable bonds is 3. The summed E-state index contributed by atoms with van der Waals surface area (Å²) in [4.78, 5) is 0. The fourth-order valence-electron chi connectivity index (χ4n) is 1.88. The molecule has 0 aromatic carbocycles. The van der Waals surface area contributed by atoms with Crippen LogP contribution in [0.5, 0.6) is 0 Å². The van der Waals surface area contributed by atoms with Crippen molar-refractivity contribution in [3.63, 3.8) is 0 Å². The lowest BCUT2D eigenvalue weighted by Gasteiger charge is -2.43. The molecule has 1 fully saturated rings. The number of alkyl halides is 3. The van der Waals surface area contributed by atoms with Crippen LogP contribution < -0.4 is 0 Å². The Hall–Kier alpha value is 0.750. The van der Waals surface area contributed by atoms with Crippen LogP contribution in [-0.4, -0.2) is 55.8 Å². The van der Waals surface area contributed by atoms with Gasteiger partial charge in [-0.25, -0.2) is 0 Å². The van der Waals surface area contributed by atoms with Gasteiger partial charge in [0, 0.05) is 21.3 Å². The maximum Gasteiger partial charge on any atom is 0.112 e. The van der Waals surface area contributed by atoms with Crippen LogP contribution in [0.15, 0.2) is 0 Å². The molecule has 0 aromatic heterocycles. The predicted octanol–water partition coefficient (Wildman–Crippen LogP) is 1.87. The number of hydrogen-bond donors (Lipinski definition) is 0. The highest BCUT2D eigenvalue weighted by Crippen LogP contribution is 2.36. The van der Waals surface area contributed by atoms with Crippen molar-refractivity contribution in [3.05, 3.63) is 0 Å². The molecule has 1 aliphatic carbocycles. The Bertz CT molecular complexity index is 187. The monoisotopic (exact) mass is 276 g/mol. The summed E-state index contributed by atoms with van der Waals surface area (Å²) in [5, 5.41) is -1.19. The SMILES string of the molecule is COC1[C@@H](OC)[C@H](Cl)C(Cl)[C@@H](Cl)[C@@H]1OC. The van der Waals surface area contributed by atoms with Crippen molar-refractivity contribution in [2.75, 3.05) is 21.3 Å². The van der Waals surface area contributed by atoms with E-state index in [2.05, 4.69) is 0 Å². The van der Waals surface area contributed by atoms with Gasteiger partial charge in [0.2, 0.25) is 0 Å². The quantitative estimate of drug-likeness (QED) is 0.737. The van der Waals surface area contributed by atoms with Gasteiger partial charge in [0.1, 0.15) is 18.3 Å². The molecule has 0 bridgehead atoms. The Morgan fingerprint density at radius 2 is 0.933 bits per heavy atom. The fourth-order valence-corrected chi connectivity index (χ4v) is 3.05. The van der Waals surface area contributed by atoms with Crippen LogP contribution in [0.1, 0.15) is 0 Å². The van der Waals surface area contributed by atoms with Crippen LogP contribution in [0.25, 0.3) is 0 Å². The minimum absolute atomic E-state index is 0.306. The number of methoxy groups -OCH3 is 3. The lowest BCUT2D eigenvalue weighted by Crippen LogP contribution is -2.60. The molecule has 0 aromatic rings. The van der Waals surface area contributed by atoms with Crippen LogP contribution in [0, 0.1) is 0 Å². The third-order valence-electron chi connectivity index (χ3n) is 2.70. The summed E-state index contributed by atoms with van der Waals surface area (Å²) >= 11 is 18.4. The van der Waals surface area contributed by atoms with Gasteiger partial charge in [-0.05, 0) is 0 Å². The smallest absolute Gasteiger partial charge is 0.112 e. The van der Waals surface area contributed by atoms with Crippen LogP contribution >= 0.6 is 34.8 Å². The minimum atomic E-state index is -0.408. The van der Waals surface area contributed by atoms with Gasteiger partial charge in [-0.1, -0.05) is 0 Å². The Labute approximate surface area is 105 Å². The van der Waals surface area contributed by atoms with E-state index in [0.717, 1.165) is 0 Å². The van der Waals surface area contributed by atoms with Gasteiger partial charge in [0.15, 0.2) is 0 Å². The van der Waals surface area contributed by atoms with E-state index < -0.39 is 16.1 Å². The molecule has 1 rings (SSSR count). The van der Waals surface area contributed by atoms with E-state index in [1.807, 2.05) is 0 Å². The molecule has 4 atom stereocenters. The fraction of sp³-hybridized carbons (Fsp3) is 1.00. The molecular formula is C9H15Cl3O3. The Morgan fingerprint density at radius 3 is 1.20 bits per heavy atom. The summed E-state index contributed by atoms with van der Waals surface area (Å²) in [6.07, 6.45) is -0.946. The van der Waals surface area contributed by atoms with Crippen molar-refractivity contribution in [1.29, 1.82) is 0 Å². The van der Waals surface area contributed by atoms with Gasteiger partial charge in [0.05, 0.1) is 16.1 Å². The van der Waals surface area contributed by atoms with Crippen molar-refractivity contribution in [3.8, 4) is 0 Å². The largest absolute Gasteiger partial charge is 0.377 e. The van der Waals surface area contributed by atoms with E-state index in [4.69, 9.17) is 49.0 Å². The van der Waals surface area contributed by atoms with Gasteiger partial charge >= 0.3 is 0 Å². The molecule has 0 spiro atoms. The molecule has 6 heteroatoms. The van der Waals surface area contributed by atoms with Crippen LogP contribution in [0.4, 0.5) is 0 Å². The minimum Gasteiger partial charge on any atom is -0.377 e. The first-order valence-corrected chi connectivity index (χ1v) is 5.90. The molecule has 0 unspecified atom stereocenters. The van der Waals surface area contributed by atoms with Gasteiger partial charge in [0.25, 0.3) is 0 Å². The second kappa shape index (κ2) is 5.89. The first kappa shape index (κ1) is 13.8. The van der Waals surface area contributed by atoms with Crippen LogP contribution in [-0.2, 0) is 14.2 Å². The van der Waals surface area contributed by atoms with Crippen molar-refractivity contribution in [2.45, 2.75) is 34.4 Å². The van der Waals surface area contributed by atoms with Gasteiger partial charge in [-0.2, -0.15) is 0 Å². The Balaban J connectivity index is 2.89. The zero-order valence-electron chi connectivity index (χ0n) is 8.82. The normalized spacial score (nSPS) is 46.8. The summed E-state index contributed by atoms with van der Waals surface area (Å²) in [5.41, 5.74) is 0. The van der Waals surface area contributed by atoms with Crippen molar-refractivity contribution in [2.24, 2.45) is 0 Å². The highest BCUT2D eigenvalue weighted by atomic mass is 35.5. The molecule has 0 heterocycles. The molecule has 0 N–H and O–H groups in total. The van der Waals surface area contributed by atoms with E-state index in [1.165, 1.54) is 0 Å². The zero-order chi connectivity index (χ0) is 11.6. The van der Waals surface area contributed by atoms with E-state index in [-0.39, 0.29) is 18.3 Å². The third kappa shape index (κ3) is 2.54. The van der Waals surface area contributed by atoms with Crippen molar-refractivity contribution < 1.29 is 14.2 Å². The highest BCUT2D eigenvalue weighted by molar-refractivity contribution is 6.35. The lowest BCUT2D eigenvalue weighted by atomic mass is 9.90. The van der Waals surface area contributed by atoms with Gasteiger partial charge in [-0.3, -0.25) is 0 Å². The lowest BCUT2D eigenvalue weighted by molar-refractivity contribution is -0.123. The number of ether oxygens (including phenoxy) is 3. The molecule has 90 valence electrons. The summed E-state index contributed by atoms with van der Waals surface area (Å²) in [6.45, 7) is 0. The maximum absolute atomic E-state index is 6.15. The number of halogens is 3. The highest BCUT2D eigenvalue weighted by Gasteiger charge is 2.50. The average molecular weight is 278 g/mol. The maximum atomic E-state index is 6.15. The van der Waals surface area contributed by atoms with E-state index in [1.54, 1.807) is 21.3 Å². The van der Waals surface area contributed by atoms with Gasteiger partial charge < -0.3 is 14.2 Å². The van der Waals surface area contributed by atoms with Crippen LogP contribution in [0.3, 0.4) is 0 Å². The van der Waals surface area contributed by atoms with E-state index in [0.29, 0.717) is 0 Å². The Kier molecular flexibility index (Phi) is 5.43. The van der Waals surface area contributed by atoms with E-state index >= 15 is 0 Å². The zero-order valence-corrected chi connectivity index (χ0v) is 11.1. The summed E-state index contributed by atoms with van der Waals surface area (Å²) in [6, 6.07) is 0. The second-order valence-electron chi connectivity index (χ2n) is 3.43. The van der Waals surface area contributed by atoms with Gasteiger partial charge in [-0.15, -0.1) is 34.8 Å². The molecule has 0 aliphatic heterocycles. The molecular weight excluding hydrogens is 262 g/mol. The molecule has 0 amide bonds. The Morgan fingerprint density at radius 1 is 0.600 bits per heavy atom. The van der Waals surface area contributed by atoms with Crippen molar-refractivity contribution >= 4 is 34.8 Å². The molecule has 15 heavy (non-hydrogen) atoms. The summed E-state index contributed by atoms with van der Waals surface area (Å²) in [5.74, 6) is 0.